The molecular formula is C58H50N2. The lowest BCUT2D eigenvalue weighted by Crippen LogP contribution is -2.17. The van der Waals surface area contributed by atoms with Crippen molar-refractivity contribution in [3.63, 3.8) is 0 Å². The quantitative estimate of drug-likeness (QED) is 0.142. The van der Waals surface area contributed by atoms with Gasteiger partial charge in [0.15, 0.2) is 0 Å². The minimum atomic E-state index is -0.159. The molecule has 0 fully saturated rings. The Morgan fingerprint density at radius 3 is 1.27 bits per heavy atom. The van der Waals surface area contributed by atoms with E-state index in [4.69, 9.17) is 0 Å². The number of para-hydroxylation sites is 3. The molecule has 0 saturated heterocycles. The van der Waals surface area contributed by atoms with Crippen LogP contribution in [0.1, 0.15) is 72.2 Å². The third kappa shape index (κ3) is 6.26. The van der Waals surface area contributed by atoms with Gasteiger partial charge in [-0.3, -0.25) is 0 Å². The van der Waals surface area contributed by atoms with E-state index in [1.54, 1.807) is 0 Å². The van der Waals surface area contributed by atoms with Gasteiger partial charge in [0.1, 0.15) is 0 Å². The lowest BCUT2D eigenvalue weighted by Gasteiger charge is -2.29. The van der Waals surface area contributed by atoms with Crippen molar-refractivity contribution in [2.45, 2.75) is 52.4 Å². The van der Waals surface area contributed by atoms with Gasteiger partial charge >= 0.3 is 0 Å². The molecule has 0 spiro atoms. The number of rotatable bonds is 8. The van der Waals surface area contributed by atoms with E-state index >= 15 is 0 Å². The lowest BCUT2D eigenvalue weighted by molar-refractivity contribution is 0.660. The molecule has 292 valence electrons. The van der Waals surface area contributed by atoms with Crippen molar-refractivity contribution in [3.05, 3.63) is 226 Å². The summed E-state index contributed by atoms with van der Waals surface area (Å²) >= 11 is 0. The van der Waals surface area contributed by atoms with E-state index in [2.05, 4.69) is 245 Å². The summed E-state index contributed by atoms with van der Waals surface area (Å²) in [5, 5.41) is 0. The van der Waals surface area contributed by atoms with Crippen LogP contribution in [0.5, 0.6) is 0 Å². The van der Waals surface area contributed by atoms with Crippen LogP contribution in [0.3, 0.4) is 0 Å². The van der Waals surface area contributed by atoms with Crippen molar-refractivity contribution in [1.82, 2.24) is 0 Å². The fraction of sp³-hybridized carbons (Fsp3) is 0.138. The van der Waals surface area contributed by atoms with Crippen LogP contribution in [0.15, 0.2) is 182 Å². The highest BCUT2D eigenvalue weighted by Gasteiger charge is 2.37. The van der Waals surface area contributed by atoms with Gasteiger partial charge in [0.2, 0.25) is 0 Å². The Morgan fingerprint density at radius 1 is 0.350 bits per heavy atom. The molecule has 8 aromatic rings. The number of aryl methyl sites for hydroxylation is 2. The normalized spacial score (nSPS) is 14.0. The Hall–Kier alpha value is -6.90. The Balaban J connectivity index is 0.947. The summed E-state index contributed by atoms with van der Waals surface area (Å²) in [6, 6.07) is 66.9. The molecule has 2 heteroatoms. The number of nitrogens with zero attached hydrogens (tertiary/aromatic N) is 2. The third-order valence-corrected chi connectivity index (χ3v) is 13.0. The van der Waals surface area contributed by atoms with Crippen molar-refractivity contribution in [2.75, 3.05) is 9.80 Å². The SMILES string of the molecule is Cc1cccc(N(c2ccc3c(c2)C(C)(C)c2cc(/C=C/c4ccc5c(c4)C(C)(C)c4cc(N(c6ccccc6)c6ccccc6)ccc4-5)ccc2-3)c2ccccc2C)c1. The van der Waals surface area contributed by atoms with Crippen molar-refractivity contribution in [1.29, 1.82) is 0 Å². The zero-order valence-electron chi connectivity index (χ0n) is 35.4. The van der Waals surface area contributed by atoms with Gasteiger partial charge in [-0.05, 0) is 147 Å². The van der Waals surface area contributed by atoms with E-state index in [0.29, 0.717) is 0 Å². The largest absolute Gasteiger partial charge is 0.310 e. The molecule has 0 atom stereocenters. The Morgan fingerprint density at radius 2 is 0.767 bits per heavy atom. The fourth-order valence-electron chi connectivity index (χ4n) is 9.77. The van der Waals surface area contributed by atoms with Crippen LogP contribution in [0.4, 0.5) is 34.1 Å². The average Bonchev–Trinajstić information content (AvgIpc) is 3.62. The van der Waals surface area contributed by atoms with E-state index in [0.717, 1.165) is 11.4 Å². The maximum Gasteiger partial charge on any atom is 0.0490 e. The van der Waals surface area contributed by atoms with Gasteiger partial charge in [0, 0.05) is 45.0 Å². The van der Waals surface area contributed by atoms with E-state index < -0.39 is 0 Å². The molecule has 0 heterocycles. The molecule has 0 saturated carbocycles. The average molecular weight is 775 g/mol. The van der Waals surface area contributed by atoms with Gasteiger partial charge in [-0.15, -0.1) is 0 Å². The van der Waals surface area contributed by atoms with E-state index in [1.807, 2.05) is 0 Å². The second-order valence-electron chi connectivity index (χ2n) is 17.6. The van der Waals surface area contributed by atoms with Gasteiger partial charge < -0.3 is 9.80 Å². The zero-order valence-corrected chi connectivity index (χ0v) is 35.4. The maximum atomic E-state index is 2.42. The molecule has 0 radical (unpaired) electrons. The molecule has 0 aromatic heterocycles. The Labute approximate surface area is 355 Å². The van der Waals surface area contributed by atoms with E-state index in [1.165, 1.54) is 89.5 Å². The minimum absolute atomic E-state index is 0.153. The molecule has 8 aromatic carbocycles. The van der Waals surface area contributed by atoms with Crippen molar-refractivity contribution in [3.8, 4) is 22.3 Å². The van der Waals surface area contributed by atoms with Gasteiger partial charge in [-0.2, -0.15) is 0 Å². The molecular weight excluding hydrogens is 725 g/mol. The second-order valence-corrected chi connectivity index (χ2v) is 17.6. The number of hydrogen-bond acceptors (Lipinski definition) is 2. The van der Waals surface area contributed by atoms with Crippen LogP contribution >= 0.6 is 0 Å². The predicted octanol–water partition coefficient (Wildman–Crippen LogP) is 16.0. The molecule has 2 aliphatic carbocycles. The number of fused-ring (bicyclic) bond motifs is 6. The summed E-state index contributed by atoms with van der Waals surface area (Å²) in [6.07, 6.45) is 4.57. The zero-order chi connectivity index (χ0) is 41.2. The van der Waals surface area contributed by atoms with Crippen LogP contribution in [0.2, 0.25) is 0 Å². The summed E-state index contributed by atoms with van der Waals surface area (Å²) in [5.74, 6) is 0. The molecule has 0 unspecified atom stereocenters. The van der Waals surface area contributed by atoms with Gasteiger partial charge in [0.05, 0.1) is 0 Å². The smallest absolute Gasteiger partial charge is 0.0490 e. The molecule has 2 nitrogen and oxygen atoms in total. The van der Waals surface area contributed by atoms with Gasteiger partial charge in [0.25, 0.3) is 0 Å². The van der Waals surface area contributed by atoms with Gasteiger partial charge in [-0.25, -0.2) is 0 Å². The highest BCUT2D eigenvalue weighted by atomic mass is 15.1. The first kappa shape index (κ1) is 37.4. The Bertz CT molecular complexity index is 2910. The molecule has 0 N–H and O–H groups in total. The molecule has 2 aliphatic rings. The molecule has 60 heavy (non-hydrogen) atoms. The predicted molar refractivity (Wildman–Crippen MR) is 256 cm³/mol. The number of anilines is 6. The second kappa shape index (κ2) is 14.4. The third-order valence-electron chi connectivity index (χ3n) is 13.0. The van der Waals surface area contributed by atoms with Crippen LogP contribution in [0, 0.1) is 13.8 Å². The monoisotopic (exact) mass is 774 g/mol. The molecule has 10 rings (SSSR count). The highest BCUT2D eigenvalue weighted by molar-refractivity contribution is 5.89. The van der Waals surface area contributed by atoms with Crippen LogP contribution in [-0.2, 0) is 10.8 Å². The summed E-state index contributed by atoms with van der Waals surface area (Å²) in [4.78, 5) is 4.77. The van der Waals surface area contributed by atoms with E-state index in [-0.39, 0.29) is 10.8 Å². The maximum absolute atomic E-state index is 2.42. The molecule has 0 amide bonds. The number of benzene rings is 8. The van der Waals surface area contributed by atoms with Crippen LogP contribution in [0.25, 0.3) is 34.4 Å². The summed E-state index contributed by atoms with van der Waals surface area (Å²) < 4.78 is 0. The number of hydrogen-bond donors (Lipinski definition) is 0. The van der Waals surface area contributed by atoms with Crippen molar-refractivity contribution >= 4 is 46.3 Å². The van der Waals surface area contributed by atoms with Crippen LogP contribution in [-0.4, -0.2) is 0 Å². The summed E-state index contributed by atoms with van der Waals surface area (Å²) in [7, 11) is 0. The van der Waals surface area contributed by atoms with Crippen LogP contribution < -0.4 is 9.80 Å². The standard InChI is InChI=1S/C58H50N2/c1-39-16-15-22-45(34-39)60(56-23-14-13-17-40(56)2)47-29-33-51-49-31-27-42(36-53(49)58(5,6)55(51)38-47)25-24-41-26-30-48-50-32-28-46(37-54(50)57(3,4)52(48)35-41)59(43-18-9-7-10-19-43)44-20-11-8-12-21-44/h7-38H,1-6H3/b25-24+. The topological polar surface area (TPSA) is 6.48 Å². The molecule has 0 aliphatic heterocycles. The van der Waals surface area contributed by atoms with Gasteiger partial charge in [-0.1, -0.05) is 155 Å². The first-order valence-electron chi connectivity index (χ1n) is 21.2. The van der Waals surface area contributed by atoms with Crippen molar-refractivity contribution < 1.29 is 0 Å². The molecule has 0 bridgehead atoms. The summed E-state index contributed by atoms with van der Waals surface area (Å²) in [5.41, 5.74) is 22.4. The minimum Gasteiger partial charge on any atom is -0.310 e. The first-order chi connectivity index (χ1) is 29.1. The first-order valence-corrected chi connectivity index (χ1v) is 21.2. The Kier molecular flexibility index (Phi) is 8.99. The lowest BCUT2D eigenvalue weighted by atomic mass is 9.81. The van der Waals surface area contributed by atoms with Crippen molar-refractivity contribution in [2.24, 2.45) is 0 Å². The highest BCUT2D eigenvalue weighted by Crippen LogP contribution is 2.53. The summed E-state index contributed by atoms with van der Waals surface area (Å²) in [6.45, 7) is 13.9. The fourth-order valence-corrected chi connectivity index (χ4v) is 9.77. The van der Waals surface area contributed by atoms with E-state index in [9.17, 15) is 0 Å².